The molecule has 0 radical (unpaired) electrons. The molecule has 1 aliphatic heterocycles. The van der Waals surface area contributed by atoms with Gasteiger partial charge < -0.3 is 10.2 Å². The highest BCUT2D eigenvalue weighted by molar-refractivity contribution is 6.03. The van der Waals surface area contributed by atoms with Gasteiger partial charge in [-0.25, -0.2) is 4.79 Å². The third kappa shape index (κ3) is 2.88. The number of carbonyl (C=O) groups is 2. The third-order valence-electron chi connectivity index (χ3n) is 3.19. The highest BCUT2D eigenvalue weighted by Gasteiger charge is 2.17. The SMILES string of the molecule is CC(=O)c1ccccc1NC(=O)N1CCCCC1. The van der Waals surface area contributed by atoms with Crippen LogP contribution in [0.2, 0.25) is 0 Å². The second kappa shape index (κ2) is 5.67. The maximum Gasteiger partial charge on any atom is 0.321 e. The number of hydrogen-bond donors (Lipinski definition) is 1. The van der Waals surface area contributed by atoms with Gasteiger partial charge in [-0.3, -0.25) is 4.79 Å². The Balaban J connectivity index is 2.08. The van der Waals surface area contributed by atoms with Gasteiger partial charge in [-0.2, -0.15) is 0 Å². The minimum Gasteiger partial charge on any atom is -0.325 e. The van der Waals surface area contributed by atoms with Gasteiger partial charge >= 0.3 is 6.03 Å². The first kappa shape index (κ1) is 12.6. The number of carbonyl (C=O) groups excluding carboxylic acids is 2. The van der Waals surface area contributed by atoms with E-state index in [0.717, 1.165) is 25.9 Å². The van der Waals surface area contributed by atoms with E-state index < -0.39 is 0 Å². The number of ketones is 1. The largest absolute Gasteiger partial charge is 0.325 e. The lowest BCUT2D eigenvalue weighted by molar-refractivity contribution is 0.101. The van der Waals surface area contributed by atoms with Crippen molar-refractivity contribution in [3.05, 3.63) is 29.8 Å². The van der Waals surface area contributed by atoms with Crippen molar-refractivity contribution in [2.75, 3.05) is 18.4 Å². The average Bonchev–Trinajstić information content (AvgIpc) is 2.40. The van der Waals surface area contributed by atoms with Crippen LogP contribution in [-0.4, -0.2) is 29.8 Å². The number of likely N-dealkylation sites (tertiary alicyclic amines) is 1. The molecule has 0 bridgehead atoms. The maximum atomic E-state index is 12.0. The second-order valence-electron chi connectivity index (χ2n) is 4.58. The van der Waals surface area contributed by atoms with E-state index in [4.69, 9.17) is 0 Å². The Morgan fingerprint density at radius 2 is 1.78 bits per heavy atom. The number of Topliss-reactive ketones (excluding diaryl/α,β-unsaturated/α-hetero) is 1. The van der Waals surface area contributed by atoms with E-state index in [0.29, 0.717) is 11.3 Å². The molecular formula is C14H18N2O2. The van der Waals surface area contributed by atoms with Crippen molar-refractivity contribution in [3.8, 4) is 0 Å². The normalized spacial score (nSPS) is 15.3. The molecule has 1 N–H and O–H groups in total. The summed E-state index contributed by atoms with van der Waals surface area (Å²) in [7, 11) is 0. The van der Waals surface area contributed by atoms with Gasteiger partial charge in [0.2, 0.25) is 0 Å². The highest BCUT2D eigenvalue weighted by atomic mass is 16.2. The molecule has 1 fully saturated rings. The van der Waals surface area contributed by atoms with Crippen LogP contribution in [0.4, 0.5) is 10.5 Å². The number of amides is 2. The van der Waals surface area contributed by atoms with Crippen molar-refractivity contribution in [1.29, 1.82) is 0 Å². The van der Waals surface area contributed by atoms with Gasteiger partial charge in [0.15, 0.2) is 5.78 Å². The number of nitrogens with one attached hydrogen (secondary N) is 1. The van der Waals surface area contributed by atoms with Crippen molar-refractivity contribution in [3.63, 3.8) is 0 Å². The number of hydrogen-bond acceptors (Lipinski definition) is 2. The predicted octanol–water partition coefficient (Wildman–Crippen LogP) is 2.91. The summed E-state index contributed by atoms with van der Waals surface area (Å²) in [5.74, 6) is -0.0375. The molecule has 96 valence electrons. The van der Waals surface area contributed by atoms with Crippen molar-refractivity contribution < 1.29 is 9.59 Å². The van der Waals surface area contributed by atoms with Gasteiger partial charge in [0.1, 0.15) is 0 Å². The van der Waals surface area contributed by atoms with E-state index in [1.54, 1.807) is 23.1 Å². The summed E-state index contributed by atoms with van der Waals surface area (Å²) in [5, 5.41) is 2.83. The fourth-order valence-corrected chi connectivity index (χ4v) is 2.19. The number of anilines is 1. The summed E-state index contributed by atoms with van der Waals surface area (Å²) >= 11 is 0. The zero-order valence-corrected chi connectivity index (χ0v) is 10.6. The molecule has 0 aliphatic carbocycles. The van der Waals surface area contributed by atoms with Crippen LogP contribution >= 0.6 is 0 Å². The molecule has 4 nitrogen and oxygen atoms in total. The summed E-state index contributed by atoms with van der Waals surface area (Å²) in [4.78, 5) is 25.3. The van der Waals surface area contributed by atoms with Crippen LogP contribution < -0.4 is 5.32 Å². The number of benzene rings is 1. The van der Waals surface area contributed by atoms with Gasteiger partial charge in [0.25, 0.3) is 0 Å². The summed E-state index contributed by atoms with van der Waals surface area (Å²) in [6, 6.07) is 7.00. The Morgan fingerprint density at radius 1 is 1.11 bits per heavy atom. The molecule has 4 heteroatoms. The molecule has 0 aromatic heterocycles. The molecule has 0 atom stereocenters. The van der Waals surface area contributed by atoms with Crippen LogP contribution in [0, 0.1) is 0 Å². The van der Waals surface area contributed by atoms with E-state index in [1.807, 2.05) is 6.07 Å². The number of rotatable bonds is 2. The topological polar surface area (TPSA) is 49.4 Å². The highest BCUT2D eigenvalue weighted by Crippen LogP contribution is 2.17. The Kier molecular flexibility index (Phi) is 3.97. The van der Waals surface area contributed by atoms with Crippen molar-refractivity contribution in [2.24, 2.45) is 0 Å². The van der Waals surface area contributed by atoms with Gasteiger partial charge in [0, 0.05) is 18.7 Å². The fourth-order valence-electron chi connectivity index (χ4n) is 2.19. The van der Waals surface area contributed by atoms with Crippen LogP contribution in [-0.2, 0) is 0 Å². The van der Waals surface area contributed by atoms with Crippen molar-refractivity contribution in [2.45, 2.75) is 26.2 Å². The van der Waals surface area contributed by atoms with Gasteiger partial charge in [-0.1, -0.05) is 12.1 Å². The number of para-hydroxylation sites is 1. The van der Waals surface area contributed by atoms with Crippen LogP contribution in [0.1, 0.15) is 36.5 Å². The van der Waals surface area contributed by atoms with Gasteiger partial charge in [0.05, 0.1) is 5.69 Å². The van der Waals surface area contributed by atoms with Crippen LogP contribution in [0.3, 0.4) is 0 Å². The van der Waals surface area contributed by atoms with Crippen molar-refractivity contribution in [1.82, 2.24) is 4.90 Å². The van der Waals surface area contributed by atoms with Crippen LogP contribution in [0.15, 0.2) is 24.3 Å². The number of piperidine rings is 1. The Labute approximate surface area is 107 Å². The monoisotopic (exact) mass is 246 g/mol. The molecule has 0 spiro atoms. The first-order valence-corrected chi connectivity index (χ1v) is 6.34. The zero-order valence-electron chi connectivity index (χ0n) is 10.6. The Bertz CT molecular complexity index is 451. The first-order valence-electron chi connectivity index (χ1n) is 6.34. The second-order valence-corrected chi connectivity index (χ2v) is 4.58. The molecule has 1 aliphatic rings. The molecule has 2 rings (SSSR count). The van der Waals surface area contributed by atoms with Gasteiger partial charge in [-0.15, -0.1) is 0 Å². The molecular weight excluding hydrogens is 228 g/mol. The van der Waals surface area contributed by atoms with Crippen molar-refractivity contribution >= 4 is 17.5 Å². The maximum absolute atomic E-state index is 12.0. The average molecular weight is 246 g/mol. The molecule has 1 heterocycles. The van der Waals surface area contributed by atoms with E-state index in [-0.39, 0.29) is 11.8 Å². The third-order valence-corrected chi connectivity index (χ3v) is 3.19. The lowest BCUT2D eigenvalue weighted by atomic mass is 10.1. The summed E-state index contributed by atoms with van der Waals surface area (Å²) < 4.78 is 0. The molecule has 1 saturated heterocycles. The predicted molar refractivity (Wildman–Crippen MR) is 70.9 cm³/mol. The minimum absolute atomic E-state index is 0.0375. The molecule has 0 unspecified atom stereocenters. The van der Waals surface area contributed by atoms with Crippen LogP contribution in [0.5, 0.6) is 0 Å². The molecule has 2 amide bonds. The van der Waals surface area contributed by atoms with Crippen LogP contribution in [0.25, 0.3) is 0 Å². The van der Waals surface area contributed by atoms with E-state index >= 15 is 0 Å². The molecule has 18 heavy (non-hydrogen) atoms. The number of nitrogens with zero attached hydrogens (tertiary/aromatic N) is 1. The van der Waals surface area contributed by atoms with E-state index in [2.05, 4.69) is 5.32 Å². The number of urea groups is 1. The fraction of sp³-hybridized carbons (Fsp3) is 0.429. The molecule has 0 saturated carbocycles. The summed E-state index contributed by atoms with van der Waals surface area (Å²) in [6.07, 6.45) is 3.30. The minimum atomic E-state index is -0.108. The Morgan fingerprint density at radius 3 is 2.44 bits per heavy atom. The zero-order chi connectivity index (χ0) is 13.0. The standard InChI is InChI=1S/C14H18N2O2/c1-11(17)12-7-3-4-8-13(12)15-14(18)16-9-5-2-6-10-16/h3-4,7-8H,2,5-6,9-10H2,1H3,(H,15,18). The van der Waals surface area contributed by atoms with E-state index in [9.17, 15) is 9.59 Å². The molecule has 1 aromatic rings. The van der Waals surface area contributed by atoms with Gasteiger partial charge in [-0.05, 0) is 38.3 Å². The quantitative estimate of drug-likeness (QED) is 0.816. The lowest BCUT2D eigenvalue weighted by Crippen LogP contribution is -2.38. The Hall–Kier alpha value is -1.84. The first-order chi connectivity index (χ1) is 8.68. The summed E-state index contributed by atoms with van der Waals surface area (Å²) in [6.45, 7) is 3.11. The molecule has 1 aromatic carbocycles. The smallest absolute Gasteiger partial charge is 0.321 e. The van der Waals surface area contributed by atoms with E-state index in [1.165, 1.54) is 13.3 Å². The lowest BCUT2D eigenvalue weighted by Gasteiger charge is -2.27. The summed E-state index contributed by atoms with van der Waals surface area (Å²) in [5.41, 5.74) is 1.16.